The fraction of sp³-hybridized carbons (Fsp3) is 1.00. The van der Waals surface area contributed by atoms with Crippen molar-refractivity contribution in [3.63, 3.8) is 0 Å². The van der Waals surface area contributed by atoms with Crippen LogP contribution in [0.15, 0.2) is 0 Å². The summed E-state index contributed by atoms with van der Waals surface area (Å²) in [6, 6.07) is 0. The standard InChI is InChI=1S/C7H17NS/c1-4-5-6(2)9-7(3)8/h6-7H,4-5,8H2,1-3H3. The predicted molar refractivity (Wildman–Crippen MR) is 45.6 cm³/mol. The second kappa shape index (κ2) is 5.12. The van der Waals surface area contributed by atoms with Gasteiger partial charge in [0, 0.05) is 10.6 Å². The summed E-state index contributed by atoms with van der Waals surface area (Å²) in [6.07, 6.45) is 2.55. The summed E-state index contributed by atoms with van der Waals surface area (Å²) < 4.78 is 0. The van der Waals surface area contributed by atoms with E-state index in [1.165, 1.54) is 12.8 Å². The van der Waals surface area contributed by atoms with E-state index in [0.29, 0.717) is 5.37 Å². The molecular weight excluding hydrogens is 130 g/mol. The van der Waals surface area contributed by atoms with Crippen molar-refractivity contribution in [1.29, 1.82) is 0 Å². The van der Waals surface area contributed by atoms with Crippen molar-refractivity contribution in [2.24, 2.45) is 5.73 Å². The van der Waals surface area contributed by atoms with Crippen molar-refractivity contribution >= 4 is 11.8 Å². The molecule has 0 aliphatic rings. The minimum Gasteiger partial charge on any atom is -0.320 e. The quantitative estimate of drug-likeness (QED) is 0.617. The molecule has 0 spiro atoms. The van der Waals surface area contributed by atoms with Gasteiger partial charge in [-0.25, -0.2) is 0 Å². The Labute approximate surface area is 62.4 Å². The van der Waals surface area contributed by atoms with Gasteiger partial charge in [0.05, 0.1) is 0 Å². The van der Waals surface area contributed by atoms with E-state index in [1.807, 2.05) is 18.7 Å². The van der Waals surface area contributed by atoms with Crippen molar-refractivity contribution < 1.29 is 0 Å². The Balaban J connectivity index is 3.15. The van der Waals surface area contributed by atoms with Crippen LogP contribution in [0.25, 0.3) is 0 Å². The van der Waals surface area contributed by atoms with Gasteiger partial charge in [0.1, 0.15) is 0 Å². The van der Waals surface area contributed by atoms with E-state index in [9.17, 15) is 0 Å². The zero-order valence-corrected chi connectivity index (χ0v) is 7.37. The van der Waals surface area contributed by atoms with Gasteiger partial charge >= 0.3 is 0 Å². The molecule has 0 saturated carbocycles. The molecule has 0 bridgehead atoms. The Morgan fingerprint density at radius 2 is 2.00 bits per heavy atom. The first-order valence-electron chi connectivity index (χ1n) is 3.57. The number of hydrogen-bond donors (Lipinski definition) is 1. The average molecular weight is 147 g/mol. The normalized spacial score (nSPS) is 17.3. The molecule has 0 aromatic rings. The molecule has 0 fully saturated rings. The molecule has 0 aliphatic carbocycles. The van der Waals surface area contributed by atoms with E-state index in [1.54, 1.807) is 0 Å². The number of thioether (sulfide) groups is 1. The van der Waals surface area contributed by atoms with Crippen LogP contribution in [-0.2, 0) is 0 Å². The van der Waals surface area contributed by atoms with Gasteiger partial charge < -0.3 is 5.73 Å². The van der Waals surface area contributed by atoms with Gasteiger partial charge in [-0.1, -0.05) is 20.3 Å². The van der Waals surface area contributed by atoms with Gasteiger partial charge in [-0.05, 0) is 13.3 Å². The van der Waals surface area contributed by atoms with E-state index in [4.69, 9.17) is 5.73 Å². The van der Waals surface area contributed by atoms with E-state index >= 15 is 0 Å². The lowest BCUT2D eigenvalue weighted by Gasteiger charge is -2.11. The monoisotopic (exact) mass is 147 g/mol. The van der Waals surface area contributed by atoms with Gasteiger partial charge in [0.2, 0.25) is 0 Å². The highest BCUT2D eigenvalue weighted by atomic mass is 32.2. The third-order valence-electron chi connectivity index (χ3n) is 1.14. The average Bonchev–Trinajstić information content (AvgIpc) is 1.63. The minimum atomic E-state index is 0.298. The fourth-order valence-electron chi connectivity index (χ4n) is 0.841. The smallest absolute Gasteiger partial charge is 0.0481 e. The molecule has 2 atom stereocenters. The third-order valence-corrected chi connectivity index (χ3v) is 2.27. The molecule has 0 aliphatic heterocycles. The SMILES string of the molecule is CCCC(C)SC(C)N. The highest BCUT2D eigenvalue weighted by molar-refractivity contribution is 8.00. The summed E-state index contributed by atoms with van der Waals surface area (Å²) in [4.78, 5) is 0. The van der Waals surface area contributed by atoms with Crippen LogP contribution in [-0.4, -0.2) is 10.6 Å². The Hall–Kier alpha value is 0.310. The van der Waals surface area contributed by atoms with Crippen molar-refractivity contribution in [3.05, 3.63) is 0 Å². The van der Waals surface area contributed by atoms with Crippen molar-refractivity contribution in [3.8, 4) is 0 Å². The number of rotatable bonds is 4. The summed E-state index contributed by atoms with van der Waals surface area (Å²) in [5.41, 5.74) is 5.59. The largest absolute Gasteiger partial charge is 0.320 e. The molecule has 0 amide bonds. The molecule has 9 heavy (non-hydrogen) atoms. The molecule has 0 aromatic carbocycles. The van der Waals surface area contributed by atoms with Crippen molar-refractivity contribution in [2.45, 2.75) is 44.2 Å². The highest BCUT2D eigenvalue weighted by Crippen LogP contribution is 2.17. The first-order valence-corrected chi connectivity index (χ1v) is 4.52. The zero-order chi connectivity index (χ0) is 7.28. The lowest BCUT2D eigenvalue weighted by atomic mass is 10.3. The Morgan fingerprint density at radius 1 is 1.44 bits per heavy atom. The highest BCUT2D eigenvalue weighted by Gasteiger charge is 2.02. The molecule has 0 saturated heterocycles. The Bertz CT molecular complexity index is 63.9. The summed E-state index contributed by atoms with van der Waals surface area (Å²) in [7, 11) is 0. The van der Waals surface area contributed by atoms with E-state index in [-0.39, 0.29) is 0 Å². The van der Waals surface area contributed by atoms with Crippen LogP contribution in [0, 0.1) is 0 Å². The van der Waals surface area contributed by atoms with Crippen LogP contribution in [0.2, 0.25) is 0 Å². The fourth-order valence-corrected chi connectivity index (χ4v) is 1.95. The lowest BCUT2D eigenvalue weighted by molar-refractivity contribution is 0.782. The van der Waals surface area contributed by atoms with E-state index in [0.717, 1.165) is 5.25 Å². The predicted octanol–water partition coefficient (Wildman–Crippen LogP) is 2.21. The molecule has 2 heteroatoms. The molecule has 0 radical (unpaired) electrons. The van der Waals surface area contributed by atoms with Crippen LogP contribution in [0.5, 0.6) is 0 Å². The molecular formula is C7H17NS. The molecule has 0 rings (SSSR count). The zero-order valence-electron chi connectivity index (χ0n) is 6.55. The van der Waals surface area contributed by atoms with Gasteiger partial charge in [-0.3, -0.25) is 0 Å². The summed E-state index contributed by atoms with van der Waals surface area (Å²) >= 11 is 1.86. The van der Waals surface area contributed by atoms with Gasteiger partial charge in [0.25, 0.3) is 0 Å². The minimum absolute atomic E-state index is 0.298. The topological polar surface area (TPSA) is 26.0 Å². The van der Waals surface area contributed by atoms with E-state index in [2.05, 4.69) is 13.8 Å². The van der Waals surface area contributed by atoms with Gasteiger partial charge in [0.15, 0.2) is 0 Å². The first-order chi connectivity index (χ1) is 4.16. The summed E-state index contributed by atoms with van der Waals surface area (Å²) in [5, 5.41) is 1.03. The lowest BCUT2D eigenvalue weighted by Crippen LogP contribution is -2.13. The molecule has 0 heterocycles. The molecule has 56 valence electrons. The van der Waals surface area contributed by atoms with Crippen LogP contribution in [0.3, 0.4) is 0 Å². The van der Waals surface area contributed by atoms with Crippen LogP contribution in [0.4, 0.5) is 0 Å². The number of hydrogen-bond acceptors (Lipinski definition) is 2. The molecule has 0 aromatic heterocycles. The molecule has 2 unspecified atom stereocenters. The maximum Gasteiger partial charge on any atom is 0.0481 e. The molecule has 2 N–H and O–H groups in total. The first kappa shape index (κ1) is 9.31. The summed E-state index contributed by atoms with van der Waals surface area (Å²) in [6.45, 7) is 6.48. The maximum atomic E-state index is 5.59. The van der Waals surface area contributed by atoms with Crippen molar-refractivity contribution in [2.75, 3.05) is 0 Å². The number of nitrogens with two attached hydrogens (primary N) is 1. The van der Waals surface area contributed by atoms with E-state index < -0.39 is 0 Å². The summed E-state index contributed by atoms with van der Waals surface area (Å²) in [5.74, 6) is 0. The Kier molecular flexibility index (Phi) is 5.30. The molecule has 1 nitrogen and oxygen atoms in total. The Morgan fingerprint density at radius 3 is 2.33 bits per heavy atom. The van der Waals surface area contributed by atoms with Crippen molar-refractivity contribution in [1.82, 2.24) is 0 Å². The maximum absolute atomic E-state index is 5.59. The third kappa shape index (κ3) is 6.19. The van der Waals surface area contributed by atoms with Crippen LogP contribution < -0.4 is 5.73 Å². The van der Waals surface area contributed by atoms with Gasteiger partial charge in [-0.15, -0.1) is 11.8 Å². The van der Waals surface area contributed by atoms with Crippen LogP contribution in [0.1, 0.15) is 33.6 Å². The second-order valence-corrected chi connectivity index (χ2v) is 4.26. The second-order valence-electron chi connectivity index (χ2n) is 2.44. The van der Waals surface area contributed by atoms with Gasteiger partial charge in [-0.2, -0.15) is 0 Å². The van der Waals surface area contributed by atoms with Crippen LogP contribution >= 0.6 is 11.8 Å².